The summed E-state index contributed by atoms with van der Waals surface area (Å²) in [5, 5.41) is 12.8. The van der Waals surface area contributed by atoms with E-state index >= 15 is 0 Å². The maximum absolute atomic E-state index is 12.6. The number of aryl methyl sites for hydroxylation is 1. The van der Waals surface area contributed by atoms with Gasteiger partial charge in [-0.2, -0.15) is 12.6 Å². The molecule has 2 aromatic rings. The van der Waals surface area contributed by atoms with Gasteiger partial charge < -0.3 is 24.1 Å². The fourth-order valence-electron chi connectivity index (χ4n) is 2.87. The number of phenols is 1. The van der Waals surface area contributed by atoms with Crippen LogP contribution in [0, 0.1) is 6.92 Å². The normalized spacial score (nSPS) is 12.5. The Balaban J connectivity index is 2.21. The van der Waals surface area contributed by atoms with Gasteiger partial charge in [0.2, 0.25) is 0 Å². The number of benzene rings is 2. The van der Waals surface area contributed by atoms with Crippen molar-refractivity contribution in [1.82, 2.24) is 0 Å². The van der Waals surface area contributed by atoms with Gasteiger partial charge in [0.05, 0.1) is 19.5 Å². The zero-order valence-electron chi connectivity index (χ0n) is 17.7. The highest BCUT2D eigenvalue weighted by Crippen LogP contribution is 2.33. The summed E-state index contributed by atoms with van der Waals surface area (Å²) < 4.78 is 21.3. The number of methoxy groups -OCH3 is 2. The Bertz CT molecular complexity index is 873. The Hall–Kier alpha value is -2.91. The number of nitrogens with one attached hydrogen (secondary N) is 1. The van der Waals surface area contributed by atoms with Gasteiger partial charge in [0.1, 0.15) is 6.10 Å². The molecule has 0 aliphatic rings. The van der Waals surface area contributed by atoms with E-state index in [0.717, 1.165) is 5.56 Å². The second-order valence-corrected chi connectivity index (χ2v) is 7.01. The third-order valence-electron chi connectivity index (χ3n) is 4.50. The first-order valence-corrected chi connectivity index (χ1v) is 10.2. The van der Waals surface area contributed by atoms with Crippen molar-refractivity contribution < 1.29 is 33.6 Å². The minimum absolute atomic E-state index is 0.0388. The Morgan fingerprint density at radius 1 is 1.13 bits per heavy atom. The highest BCUT2D eigenvalue weighted by atomic mass is 32.1. The lowest BCUT2D eigenvalue weighted by atomic mass is 10.0. The SMILES string of the molecule is COc1ccc([C@H](OC(=O)Nc2ccc(C)cc2)[C@H](CCOC(=O)CS)OC)cc1O. The molecule has 0 aliphatic heterocycles. The zero-order chi connectivity index (χ0) is 22.8. The molecule has 0 bridgehead atoms. The highest BCUT2D eigenvalue weighted by molar-refractivity contribution is 7.81. The molecule has 0 unspecified atom stereocenters. The smallest absolute Gasteiger partial charge is 0.412 e. The molecule has 0 spiro atoms. The van der Waals surface area contributed by atoms with E-state index in [1.807, 2.05) is 19.1 Å². The standard InChI is InChI=1S/C22H27NO7S/c1-14-4-7-16(8-5-14)23-22(26)30-21(15-6-9-18(27-2)17(24)12-15)19(28-3)10-11-29-20(25)13-31/h4-9,12,19,21,24,31H,10-11,13H2,1-3H3,(H,23,26)/t19-,21-/m0/s1. The Kier molecular flexibility index (Phi) is 9.48. The van der Waals surface area contributed by atoms with E-state index in [0.29, 0.717) is 11.3 Å². The van der Waals surface area contributed by atoms with E-state index in [1.54, 1.807) is 24.3 Å². The molecule has 31 heavy (non-hydrogen) atoms. The molecule has 2 aromatic carbocycles. The molecule has 0 heterocycles. The van der Waals surface area contributed by atoms with Crippen LogP contribution in [0.2, 0.25) is 0 Å². The lowest BCUT2D eigenvalue weighted by Gasteiger charge is -2.26. The molecule has 2 N–H and O–H groups in total. The highest BCUT2D eigenvalue weighted by Gasteiger charge is 2.28. The molecule has 0 aliphatic carbocycles. The number of anilines is 1. The number of aromatic hydroxyl groups is 1. The molecule has 0 aromatic heterocycles. The summed E-state index contributed by atoms with van der Waals surface area (Å²) in [6, 6.07) is 11.9. The number of phenolic OH excluding ortho intramolecular Hbond substituents is 1. The Morgan fingerprint density at radius 2 is 1.84 bits per heavy atom. The molecular formula is C22H27NO7S. The van der Waals surface area contributed by atoms with Crippen molar-refractivity contribution in [3.63, 3.8) is 0 Å². The molecule has 168 valence electrons. The summed E-state index contributed by atoms with van der Waals surface area (Å²) in [5.74, 6) is -0.329. The molecule has 8 nitrogen and oxygen atoms in total. The van der Waals surface area contributed by atoms with Crippen molar-refractivity contribution >= 4 is 30.4 Å². The largest absolute Gasteiger partial charge is 0.504 e. The minimum Gasteiger partial charge on any atom is -0.504 e. The van der Waals surface area contributed by atoms with E-state index in [-0.39, 0.29) is 30.3 Å². The van der Waals surface area contributed by atoms with Crippen LogP contribution in [0.1, 0.15) is 23.7 Å². The number of hydrogen-bond acceptors (Lipinski definition) is 8. The summed E-state index contributed by atoms with van der Waals surface area (Å²) >= 11 is 3.87. The van der Waals surface area contributed by atoms with Crippen molar-refractivity contribution in [3.8, 4) is 11.5 Å². The number of thiol groups is 1. The second kappa shape index (κ2) is 12.1. The topological polar surface area (TPSA) is 103 Å². The van der Waals surface area contributed by atoms with Crippen LogP contribution in [0.15, 0.2) is 42.5 Å². The summed E-state index contributed by atoms with van der Waals surface area (Å²) in [5.41, 5.74) is 2.12. The molecule has 0 fully saturated rings. The molecule has 2 atom stereocenters. The van der Waals surface area contributed by atoms with Crippen molar-refractivity contribution in [2.75, 3.05) is 31.9 Å². The van der Waals surface area contributed by atoms with E-state index in [4.69, 9.17) is 18.9 Å². The maximum Gasteiger partial charge on any atom is 0.412 e. The number of ether oxygens (including phenoxy) is 4. The summed E-state index contributed by atoms with van der Waals surface area (Å²) in [4.78, 5) is 23.9. The summed E-state index contributed by atoms with van der Waals surface area (Å²) in [6.07, 6.45) is -1.98. The van der Waals surface area contributed by atoms with Crippen LogP contribution < -0.4 is 10.1 Å². The Labute approximate surface area is 186 Å². The lowest BCUT2D eigenvalue weighted by molar-refractivity contribution is -0.141. The van der Waals surface area contributed by atoms with E-state index < -0.39 is 24.3 Å². The van der Waals surface area contributed by atoms with Crippen LogP contribution >= 0.6 is 12.6 Å². The number of carbonyl (C=O) groups is 2. The predicted molar refractivity (Wildman–Crippen MR) is 119 cm³/mol. The molecule has 1 amide bonds. The van der Waals surface area contributed by atoms with Crippen LogP contribution in [-0.2, 0) is 19.0 Å². The van der Waals surface area contributed by atoms with Crippen molar-refractivity contribution in [2.45, 2.75) is 25.6 Å². The third-order valence-corrected chi connectivity index (χ3v) is 4.76. The minimum atomic E-state index is -0.887. The first kappa shape index (κ1) is 24.4. The second-order valence-electron chi connectivity index (χ2n) is 6.69. The number of carbonyl (C=O) groups excluding carboxylic acids is 2. The van der Waals surface area contributed by atoms with Crippen molar-refractivity contribution in [3.05, 3.63) is 53.6 Å². The quantitative estimate of drug-likeness (QED) is 0.374. The number of rotatable bonds is 10. The van der Waals surface area contributed by atoms with Gasteiger partial charge in [-0.05, 0) is 36.8 Å². The van der Waals surface area contributed by atoms with E-state index in [9.17, 15) is 14.7 Å². The fraction of sp³-hybridized carbons (Fsp3) is 0.364. The molecule has 0 saturated carbocycles. The molecule has 0 saturated heterocycles. The molecule has 9 heteroatoms. The fourth-order valence-corrected chi connectivity index (χ4v) is 2.96. The van der Waals surface area contributed by atoms with Crippen LogP contribution in [0.3, 0.4) is 0 Å². The van der Waals surface area contributed by atoms with Gasteiger partial charge in [-0.1, -0.05) is 23.8 Å². The number of amides is 1. The van der Waals surface area contributed by atoms with Crippen LogP contribution in [0.5, 0.6) is 11.5 Å². The summed E-state index contributed by atoms with van der Waals surface area (Å²) in [7, 11) is 2.90. The van der Waals surface area contributed by atoms with Gasteiger partial charge in [-0.3, -0.25) is 10.1 Å². The van der Waals surface area contributed by atoms with Gasteiger partial charge in [-0.25, -0.2) is 4.79 Å². The molecular weight excluding hydrogens is 422 g/mol. The molecule has 2 rings (SSSR count). The van der Waals surface area contributed by atoms with Crippen LogP contribution in [0.4, 0.5) is 10.5 Å². The third kappa shape index (κ3) is 7.37. The predicted octanol–water partition coefficient (Wildman–Crippen LogP) is 3.88. The van der Waals surface area contributed by atoms with Gasteiger partial charge in [-0.15, -0.1) is 0 Å². The maximum atomic E-state index is 12.6. The zero-order valence-corrected chi connectivity index (χ0v) is 18.6. The van der Waals surface area contributed by atoms with Crippen molar-refractivity contribution in [2.24, 2.45) is 0 Å². The van der Waals surface area contributed by atoms with Gasteiger partial charge in [0.15, 0.2) is 17.6 Å². The number of hydrogen-bond donors (Lipinski definition) is 3. The number of esters is 1. The first-order chi connectivity index (χ1) is 14.9. The van der Waals surface area contributed by atoms with Crippen LogP contribution in [0.25, 0.3) is 0 Å². The van der Waals surface area contributed by atoms with Crippen LogP contribution in [-0.4, -0.2) is 49.9 Å². The Morgan fingerprint density at radius 3 is 2.42 bits per heavy atom. The summed E-state index contributed by atoms with van der Waals surface area (Å²) in [6.45, 7) is 2.00. The first-order valence-electron chi connectivity index (χ1n) is 9.58. The monoisotopic (exact) mass is 449 g/mol. The molecule has 0 radical (unpaired) electrons. The lowest BCUT2D eigenvalue weighted by Crippen LogP contribution is -2.29. The van der Waals surface area contributed by atoms with Gasteiger partial charge >= 0.3 is 12.1 Å². The van der Waals surface area contributed by atoms with Gasteiger partial charge in [0.25, 0.3) is 0 Å². The van der Waals surface area contributed by atoms with Crippen molar-refractivity contribution in [1.29, 1.82) is 0 Å². The van der Waals surface area contributed by atoms with Gasteiger partial charge in [0, 0.05) is 19.2 Å². The van der Waals surface area contributed by atoms with E-state index in [1.165, 1.54) is 20.3 Å². The average molecular weight is 450 g/mol. The average Bonchev–Trinajstić information content (AvgIpc) is 2.76. The van der Waals surface area contributed by atoms with E-state index in [2.05, 4.69) is 17.9 Å².